The monoisotopic (exact) mass is 605 g/mol. The van der Waals surface area contributed by atoms with Crippen LogP contribution in [0.25, 0.3) is 22.6 Å². The number of rotatable bonds is 9. The maximum absolute atomic E-state index is 13.8. The summed E-state index contributed by atoms with van der Waals surface area (Å²) in [5.74, 6) is 0.415. The van der Waals surface area contributed by atoms with E-state index in [0.717, 1.165) is 58.1 Å². The molecule has 1 amide bonds. The maximum atomic E-state index is 13.8. The second-order valence-electron chi connectivity index (χ2n) is 12.2. The van der Waals surface area contributed by atoms with Crippen molar-refractivity contribution in [3.05, 3.63) is 122 Å². The molecule has 1 aliphatic rings. The van der Waals surface area contributed by atoms with E-state index < -0.39 is 17.3 Å². The summed E-state index contributed by atoms with van der Waals surface area (Å²) < 4.78 is 4.41. The van der Waals surface area contributed by atoms with Gasteiger partial charge in [-0.2, -0.15) is 0 Å². The van der Waals surface area contributed by atoms with Crippen LogP contribution in [0.3, 0.4) is 0 Å². The number of fused-ring (bicyclic) bond motifs is 1. The Balaban J connectivity index is 1.36. The SMILES string of the molecule is Cc1cccc(-c2nc3c(c(=O)n(C)c(=O)n3C)n2Cc2ccc([C@@H](C(=O)N[C@@H](CO)c3ccccc3)C3CCCC3)cc2)c1. The number of aliphatic hydroxyl groups excluding tert-OH is 1. The van der Waals surface area contributed by atoms with E-state index in [9.17, 15) is 19.5 Å². The number of hydrogen-bond acceptors (Lipinski definition) is 5. The number of carbonyl (C=O) groups is 1. The first-order chi connectivity index (χ1) is 21.8. The van der Waals surface area contributed by atoms with Crippen LogP contribution in [0.5, 0.6) is 0 Å². The molecule has 0 aliphatic heterocycles. The third-order valence-electron chi connectivity index (χ3n) is 9.16. The number of benzene rings is 3. The molecule has 2 heterocycles. The van der Waals surface area contributed by atoms with Crippen molar-refractivity contribution >= 4 is 17.1 Å². The highest BCUT2D eigenvalue weighted by molar-refractivity contribution is 5.84. The predicted molar refractivity (Wildman–Crippen MR) is 175 cm³/mol. The highest BCUT2D eigenvalue weighted by Gasteiger charge is 2.33. The zero-order chi connectivity index (χ0) is 31.7. The Hall–Kier alpha value is -4.76. The molecule has 9 nitrogen and oxygen atoms in total. The lowest BCUT2D eigenvalue weighted by Gasteiger charge is -2.26. The largest absolute Gasteiger partial charge is 0.394 e. The number of imidazole rings is 1. The van der Waals surface area contributed by atoms with E-state index in [1.165, 1.54) is 11.6 Å². The van der Waals surface area contributed by atoms with Crippen molar-refractivity contribution in [1.29, 1.82) is 0 Å². The zero-order valence-corrected chi connectivity index (χ0v) is 25.9. The molecular weight excluding hydrogens is 566 g/mol. The lowest BCUT2D eigenvalue weighted by Crippen LogP contribution is -2.37. The van der Waals surface area contributed by atoms with Gasteiger partial charge in [-0.05, 0) is 48.4 Å². The summed E-state index contributed by atoms with van der Waals surface area (Å²) in [4.78, 5) is 44.8. The number of nitrogens with one attached hydrogen (secondary N) is 1. The molecule has 1 saturated carbocycles. The van der Waals surface area contributed by atoms with E-state index in [0.29, 0.717) is 23.5 Å². The summed E-state index contributed by atoms with van der Waals surface area (Å²) in [5.41, 5.74) is 4.53. The average Bonchev–Trinajstić information content (AvgIpc) is 3.72. The van der Waals surface area contributed by atoms with Gasteiger partial charge in [0.05, 0.1) is 18.6 Å². The zero-order valence-electron chi connectivity index (χ0n) is 25.9. The van der Waals surface area contributed by atoms with Crippen molar-refractivity contribution in [3.63, 3.8) is 0 Å². The van der Waals surface area contributed by atoms with Crippen LogP contribution in [0.4, 0.5) is 0 Å². The molecule has 0 radical (unpaired) electrons. The van der Waals surface area contributed by atoms with E-state index >= 15 is 0 Å². The standard InChI is InChI=1S/C36H39N5O4/c1-23-10-9-15-28(20-23)32-38-33-31(35(44)40(3)36(45)39(33)2)41(32)21-24-16-18-27(19-17-24)30(26-13-7-8-14-26)34(43)37-29(22-42)25-11-5-4-6-12-25/h4-6,9-12,15-20,26,29-30,42H,7-8,13-14,21-22H2,1-3H3,(H,37,43)/t29-,30-/m0/s1. The number of carbonyl (C=O) groups excluding carboxylic acids is 1. The molecule has 2 N–H and O–H groups in total. The van der Waals surface area contributed by atoms with Crippen LogP contribution in [0.1, 0.15) is 59.9 Å². The highest BCUT2D eigenvalue weighted by atomic mass is 16.3. The molecule has 2 atom stereocenters. The normalized spacial score (nSPS) is 14.9. The van der Waals surface area contributed by atoms with Crippen molar-refractivity contribution in [1.82, 2.24) is 24.0 Å². The van der Waals surface area contributed by atoms with Crippen LogP contribution in [0, 0.1) is 12.8 Å². The van der Waals surface area contributed by atoms with Gasteiger partial charge in [0, 0.05) is 26.2 Å². The molecule has 0 bridgehead atoms. The quantitative estimate of drug-likeness (QED) is 0.256. The Morgan fingerprint density at radius 1 is 0.933 bits per heavy atom. The van der Waals surface area contributed by atoms with Crippen LogP contribution < -0.4 is 16.6 Å². The topological polar surface area (TPSA) is 111 Å². The summed E-state index contributed by atoms with van der Waals surface area (Å²) >= 11 is 0. The van der Waals surface area contributed by atoms with Gasteiger partial charge in [0.25, 0.3) is 5.56 Å². The first kappa shape index (κ1) is 30.3. The highest BCUT2D eigenvalue weighted by Crippen LogP contribution is 2.38. The van der Waals surface area contributed by atoms with Gasteiger partial charge in [-0.15, -0.1) is 0 Å². The fourth-order valence-electron chi connectivity index (χ4n) is 6.73. The minimum absolute atomic E-state index is 0.0793. The molecule has 5 aromatic rings. The molecule has 232 valence electrons. The number of aromatic nitrogens is 4. The number of aryl methyl sites for hydroxylation is 2. The maximum Gasteiger partial charge on any atom is 0.332 e. The Bertz CT molecular complexity index is 1950. The first-order valence-electron chi connectivity index (χ1n) is 15.5. The second kappa shape index (κ2) is 12.7. The fraction of sp³-hybridized carbons (Fsp3) is 0.333. The second-order valence-corrected chi connectivity index (χ2v) is 12.2. The Morgan fingerprint density at radius 3 is 2.31 bits per heavy atom. The molecule has 1 fully saturated rings. The van der Waals surface area contributed by atoms with E-state index in [4.69, 9.17) is 4.98 Å². The van der Waals surface area contributed by atoms with E-state index in [1.807, 2.05) is 90.4 Å². The smallest absolute Gasteiger partial charge is 0.332 e. The molecule has 2 aromatic heterocycles. The Morgan fingerprint density at radius 2 is 1.64 bits per heavy atom. The summed E-state index contributed by atoms with van der Waals surface area (Å²) in [6.07, 6.45) is 4.17. The molecule has 0 unspecified atom stereocenters. The number of amides is 1. The molecular formula is C36H39N5O4. The average molecular weight is 606 g/mol. The first-order valence-corrected chi connectivity index (χ1v) is 15.5. The number of hydrogen-bond donors (Lipinski definition) is 2. The molecule has 45 heavy (non-hydrogen) atoms. The van der Waals surface area contributed by atoms with E-state index in [-0.39, 0.29) is 24.3 Å². The van der Waals surface area contributed by atoms with Gasteiger partial charge < -0.3 is 15.0 Å². The van der Waals surface area contributed by atoms with Crippen molar-refractivity contribution in [3.8, 4) is 11.4 Å². The molecule has 6 rings (SSSR count). The van der Waals surface area contributed by atoms with Gasteiger partial charge in [0.15, 0.2) is 11.2 Å². The van der Waals surface area contributed by atoms with Crippen molar-refractivity contribution in [2.45, 2.75) is 51.1 Å². The van der Waals surface area contributed by atoms with Gasteiger partial charge in [-0.1, -0.05) is 91.2 Å². The Kier molecular flexibility index (Phi) is 8.54. The third-order valence-corrected chi connectivity index (χ3v) is 9.16. The van der Waals surface area contributed by atoms with E-state index in [1.54, 1.807) is 7.05 Å². The predicted octanol–water partition coefficient (Wildman–Crippen LogP) is 4.58. The summed E-state index contributed by atoms with van der Waals surface area (Å²) in [7, 11) is 3.11. The fourth-order valence-corrected chi connectivity index (χ4v) is 6.73. The minimum atomic E-state index is -0.477. The molecule has 1 aliphatic carbocycles. The molecule has 9 heteroatoms. The van der Waals surface area contributed by atoms with E-state index in [2.05, 4.69) is 5.32 Å². The van der Waals surface area contributed by atoms with Crippen molar-refractivity contribution in [2.75, 3.05) is 6.61 Å². The van der Waals surface area contributed by atoms with Gasteiger partial charge in [0.2, 0.25) is 5.91 Å². The summed E-state index contributed by atoms with van der Waals surface area (Å²) in [6, 6.07) is 25.0. The number of aliphatic hydroxyl groups is 1. The molecule has 0 saturated heterocycles. The van der Waals surface area contributed by atoms with Crippen molar-refractivity contribution < 1.29 is 9.90 Å². The summed E-state index contributed by atoms with van der Waals surface area (Å²) in [5, 5.41) is 13.2. The van der Waals surface area contributed by atoms with Gasteiger partial charge in [-0.3, -0.25) is 18.7 Å². The van der Waals surface area contributed by atoms with Crippen LogP contribution in [-0.4, -0.2) is 36.3 Å². The van der Waals surface area contributed by atoms with Gasteiger partial charge >= 0.3 is 5.69 Å². The molecule has 3 aromatic carbocycles. The van der Waals surface area contributed by atoms with Gasteiger partial charge in [-0.25, -0.2) is 9.78 Å². The van der Waals surface area contributed by atoms with Crippen LogP contribution in [-0.2, 0) is 25.4 Å². The van der Waals surface area contributed by atoms with Gasteiger partial charge in [0.1, 0.15) is 5.82 Å². The van der Waals surface area contributed by atoms with Crippen LogP contribution in [0.2, 0.25) is 0 Å². The third kappa shape index (κ3) is 5.88. The lowest BCUT2D eigenvalue weighted by molar-refractivity contribution is -0.124. The van der Waals surface area contributed by atoms with Crippen LogP contribution >= 0.6 is 0 Å². The van der Waals surface area contributed by atoms with Crippen LogP contribution in [0.15, 0.2) is 88.5 Å². The number of nitrogens with zero attached hydrogens (tertiary/aromatic N) is 4. The van der Waals surface area contributed by atoms with Crippen molar-refractivity contribution in [2.24, 2.45) is 20.0 Å². The minimum Gasteiger partial charge on any atom is -0.394 e. The molecule has 0 spiro atoms. The summed E-state index contributed by atoms with van der Waals surface area (Å²) in [6.45, 7) is 2.18. The lowest BCUT2D eigenvalue weighted by atomic mass is 9.83. The Labute approximate surface area is 261 Å².